The summed E-state index contributed by atoms with van der Waals surface area (Å²) < 4.78 is 0. The van der Waals surface area contributed by atoms with Gasteiger partial charge in [-0.1, -0.05) is 81.4 Å². The van der Waals surface area contributed by atoms with Crippen LogP contribution in [-0.4, -0.2) is 96.0 Å². The van der Waals surface area contributed by atoms with Crippen LogP contribution in [0.5, 0.6) is 0 Å². The average Bonchev–Trinajstić information content (AvgIpc) is 3.11. The molecule has 1 aliphatic rings. The number of nitrogens with two attached hydrogens (primary N) is 2. The highest BCUT2D eigenvalue weighted by atomic mass is 16.4. The summed E-state index contributed by atoms with van der Waals surface area (Å²) in [6, 6.07) is 16.5. The van der Waals surface area contributed by atoms with Crippen molar-refractivity contribution in [2.24, 2.45) is 17.4 Å². The molecule has 1 unspecified atom stereocenters. The standard InChI is InChI=1S/C38H57N7O6/c1-26(2)22-31(34(47)43-30(16-10-11-19-39)36(49)45-20-17-38(40,18-21-45)37(50)51)44-35(48)32(23-28-12-6-4-7-13-28)42-33(46)25-41-24-27(3)29-14-8-5-9-15-29/h4-9,12-15,26-27,30-32,41H,10-11,16-25,39-40H2,1-3H3,(H,42,46)(H,43,47)(H,44,48)(H,50,51)/t27-,30?,31+,32+/m0/s1. The van der Waals surface area contributed by atoms with Crippen molar-refractivity contribution >= 4 is 29.6 Å². The van der Waals surface area contributed by atoms with Crippen LogP contribution in [0.4, 0.5) is 0 Å². The van der Waals surface area contributed by atoms with Crippen LogP contribution in [-0.2, 0) is 30.4 Å². The first kappa shape index (κ1) is 41.1. The van der Waals surface area contributed by atoms with E-state index >= 15 is 0 Å². The monoisotopic (exact) mass is 707 g/mol. The molecule has 0 bridgehead atoms. The van der Waals surface area contributed by atoms with Gasteiger partial charge in [0, 0.05) is 26.1 Å². The number of hydrogen-bond donors (Lipinski definition) is 7. The van der Waals surface area contributed by atoms with Gasteiger partial charge in [0.2, 0.25) is 23.6 Å². The number of nitrogens with zero attached hydrogens (tertiary/aromatic N) is 1. The van der Waals surface area contributed by atoms with E-state index in [-0.39, 0.29) is 62.5 Å². The largest absolute Gasteiger partial charge is 0.480 e. The maximum absolute atomic E-state index is 13.9. The third-order valence-corrected chi connectivity index (χ3v) is 9.33. The Morgan fingerprint density at radius 2 is 1.41 bits per heavy atom. The van der Waals surface area contributed by atoms with Crippen molar-refractivity contribution in [2.75, 3.05) is 32.7 Å². The lowest BCUT2D eigenvalue weighted by atomic mass is 9.88. The van der Waals surface area contributed by atoms with Crippen LogP contribution >= 0.6 is 0 Å². The van der Waals surface area contributed by atoms with Crippen LogP contribution in [0, 0.1) is 5.92 Å². The molecule has 0 radical (unpaired) electrons. The Morgan fingerprint density at radius 3 is 2.00 bits per heavy atom. The van der Waals surface area contributed by atoms with Gasteiger partial charge in [0.25, 0.3) is 0 Å². The minimum absolute atomic E-state index is 0.00643. The van der Waals surface area contributed by atoms with Gasteiger partial charge in [-0.25, -0.2) is 0 Å². The molecule has 13 nitrogen and oxygen atoms in total. The first-order valence-electron chi connectivity index (χ1n) is 18.0. The summed E-state index contributed by atoms with van der Waals surface area (Å²) in [5.41, 5.74) is 12.3. The first-order valence-corrected chi connectivity index (χ1v) is 18.0. The smallest absolute Gasteiger partial charge is 0.323 e. The minimum Gasteiger partial charge on any atom is -0.480 e. The summed E-state index contributed by atoms with van der Waals surface area (Å²) in [4.78, 5) is 67.7. The van der Waals surface area contributed by atoms with Gasteiger partial charge in [-0.3, -0.25) is 24.0 Å². The Morgan fingerprint density at radius 1 is 0.824 bits per heavy atom. The Labute approximate surface area is 301 Å². The highest BCUT2D eigenvalue weighted by Crippen LogP contribution is 2.21. The lowest BCUT2D eigenvalue weighted by molar-refractivity contribution is -0.148. The van der Waals surface area contributed by atoms with E-state index in [0.717, 1.165) is 11.1 Å². The zero-order chi connectivity index (χ0) is 37.4. The van der Waals surface area contributed by atoms with Gasteiger partial charge in [0.15, 0.2) is 0 Å². The number of nitrogens with one attached hydrogen (secondary N) is 4. The van der Waals surface area contributed by atoms with Crippen LogP contribution in [0.3, 0.4) is 0 Å². The molecule has 3 rings (SSSR count). The maximum Gasteiger partial charge on any atom is 0.323 e. The number of hydrogen-bond acceptors (Lipinski definition) is 8. The summed E-state index contributed by atoms with van der Waals surface area (Å²) >= 11 is 0. The molecule has 9 N–H and O–H groups in total. The normalized spacial score (nSPS) is 16.4. The highest BCUT2D eigenvalue weighted by Gasteiger charge is 2.40. The van der Waals surface area contributed by atoms with Crippen molar-refractivity contribution in [3.05, 3.63) is 71.8 Å². The fourth-order valence-corrected chi connectivity index (χ4v) is 6.16. The minimum atomic E-state index is -1.40. The fraction of sp³-hybridized carbons (Fsp3) is 0.553. The second-order valence-electron chi connectivity index (χ2n) is 14.1. The number of benzene rings is 2. The third kappa shape index (κ3) is 13.4. The third-order valence-electron chi connectivity index (χ3n) is 9.33. The molecule has 0 saturated carbocycles. The lowest BCUT2D eigenvalue weighted by Crippen LogP contribution is -2.60. The number of rotatable bonds is 20. The van der Waals surface area contributed by atoms with E-state index in [1.807, 2.05) is 74.5 Å². The maximum atomic E-state index is 13.9. The molecule has 2 aromatic rings. The van der Waals surface area contributed by atoms with Crippen LogP contribution in [0.15, 0.2) is 60.7 Å². The number of carbonyl (C=O) groups excluding carboxylic acids is 4. The van der Waals surface area contributed by atoms with E-state index in [4.69, 9.17) is 11.5 Å². The number of carboxylic acid groups (broad SMARTS) is 1. The van der Waals surface area contributed by atoms with Gasteiger partial charge in [0.1, 0.15) is 23.7 Å². The predicted molar refractivity (Wildman–Crippen MR) is 196 cm³/mol. The summed E-state index contributed by atoms with van der Waals surface area (Å²) in [6.45, 7) is 7.22. The van der Waals surface area contributed by atoms with Crippen molar-refractivity contribution in [2.45, 2.75) is 95.3 Å². The molecular weight excluding hydrogens is 650 g/mol. The van der Waals surface area contributed by atoms with Gasteiger partial charge >= 0.3 is 5.97 Å². The molecule has 0 aliphatic carbocycles. The van der Waals surface area contributed by atoms with E-state index < -0.39 is 41.4 Å². The van der Waals surface area contributed by atoms with Gasteiger partial charge in [0.05, 0.1) is 6.54 Å². The van der Waals surface area contributed by atoms with E-state index in [9.17, 15) is 29.1 Å². The molecule has 4 amide bonds. The van der Waals surface area contributed by atoms with E-state index in [2.05, 4.69) is 28.2 Å². The summed E-state index contributed by atoms with van der Waals surface area (Å²) in [5, 5.41) is 21.3. The molecule has 0 spiro atoms. The molecule has 51 heavy (non-hydrogen) atoms. The number of piperidine rings is 1. The molecule has 1 heterocycles. The summed E-state index contributed by atoms with van der Waals surface area (Å²) in [7, 11) is 0. The molecule has 13 heteroatoms. The van der Waals surface area contributed by atoms with Crippen molar-refractivity contribution in [1.82, 2.24) is 26.2 Å². The Bertz CT molecular complexity index is 1420. The Hall–Kier alpha value is -4.33. The van der Waals surface area contributed by atoms with Crippen molar-refractivity contribution in [3.63, 3.8) is 0 Å². The number of likely N-dealkylation sites (tertiary alicyclic amines) is 1. The predicted octanol–water partition coefficient (Wildman–Crippen LogP) is 1.66. The van der Waals surface area contributed by atoms with Gasteiger partial charge in [-0.2, -0.15) is 0 Å². The van der Waals surface area contributed by atoms with Crippen LogP contribution in [0.25, 0.3) is 0 Å². The molecule has 1 aliphatic heterocycles. The second kappa shape index (κ2) is 20.5. The summed E-state index contributed by atoms with van der Waals surface area (Å²) in [5.74, 6) is -2.62. The molecule has 1 fully saturated rings. The quantitative estimate of drug-likeness (QED) is 0.0997. The van der Waals surface area contributed by atoms with Gasteiger partial charge < -0.3 is 42.7 Å². The fourth-order valence-electron chi connectivity index (χ4n) is 6.16. The van der Waals surface area contributed by atoms with E-state index in [1.54, 1.807) is 0 Å². The van der Waals surface area contributed by atoms with Crippen LogP contribution in [0.2, 0.25) is 0 Å². The number of carbonyl (C=O) groups is 5. The van der Waals surface area contributed by atoms with Crippen molar-refractivity contribution in [3.8, 4) is 0 Å². The van der Waals surface area contributed by atoms with Gasteiger partial charge in [-0.15, -0.1) is 0 Å². The number of amides is 4. The van der Waals surface area contributed by atoms with Crippen LogP contribution < -0.4 is 32.7 Å². The SMILES string of the molecule is CC(C)C[C@@H](NC(=O)[C@@H](Cc1ccccc1)NC(=O)CNC[C@H](C)c1ccccc1)C(=O)NC(CCCCN)C(=O)N1CCC(N)(C(=O)O)CC1. The Kier molecular flexibility index (Phi) is 16.5. The highest BCUT2D eigenvalue weighted by molar-refractivity contribution is 5.94. The number of aliphatic carboxylic acids is 1. The zero-order valence-corrected chi connectivity index (χ0v) is 30.2. The summed E-state index contributed by atoms with van der Waals surface area (Å²) in [6.07, 6.45) is 2.27. The first-order chi connectivity index (χ1) is 24.3. The van der Waals surface area contributed by atoms with E-state index in [0.29, 0.717) is 38.8 Å². The molecule has 2 aromatic carbocycles. The van der Waals surface area contributed by atoms with E-state index in [1.165, 1.54) is 4.90 Å². The zero-order valence-electron chi connectivity index (χ0n) is 30.2. The average molecular weight is 708 g/mol. The topological polar surface area (TPSA) is 209 Å². The molecule has 0 aromatic heterocycles. The molecule has 1 saturated heterocycles. The van der Waals surface area contributed by atoms with Crippen molar-refractivity contribution in [1.29, 1.82) is 0 Å². The van der Waals surface area contributed by atoms with Gasteiger partial charge in [-0.05, 0) is 68.0 Å². The Balaban J connectivity index is 1.71. The molecular formula is C38H57N7O6. The van der Waals surface area contributed by atoms with Crippen LogP contribution in [0.1, 0.15) is 76.3 Å². The number of unbranched alkanes of at least 4 members (excludes halogenated alkanes) is 1. The lowest BCUT2D eigenvalue weighted by Gasteiger charge is -2.38. The molecule has 4 atom stereocenters. The number of carboxylic acids is 1. The van der Waals surface area contributed by atoms with Crippen molar-refractivity contribution < 1.29 is 29.1 Å². The molecule has 280 valence electrons. The second-order valence-corrected chi connectivity index (χ2v) is 14.1.